The van der Waals surface area contributed by atoms with Gasteiger partial charge in [0.2, 0.25) is 5.88 Å². The van der Waals surface area contributed by atoms with E-state index < -0.39 is 0 Å². The van der Waals surface area contributed by atoms with Crippen molar-refractivity contribution in [3.8, 4) is 17.7 Å². The Morgan fingerprint density at radius 3 is 2.71 bits per heavy atom. The number of aryl methyl sites for hydroxylation is 1. The molecule has 4 nitrogen and oxygen atoms in total. The van der Waals surface area contributed by atoms with Crippen LogP contribution in [0.1, 0.15) is 35.2 Å². The topological polar surface area (TPSA) is 69.0 Å². The van der Waals surface area contributed by atoms with Gasteiger partial charge in [-0.05, 0) is 42.5 Å². The summed E-state index contributed by atoms with van der Waals surface area (Å²) in [6, 6.07) is 9.89. The zero-order chi connectivity index (χ0) is 14.8. The van der Waals surface area contributed by atoms with Gasteiger partial charge < -0.3 is 14.8 Å². The number of methoxy groups -OCH3 is 1. The van der Waals surface area contributed by atoms with E-state index in [1.54, 1.807) is 7.11 Å². The molecule has 21 heavy (non-hydrogen) atoms. The second kappa shape index (κ2) is 5.37. The summed E-state index contributed by atoms with van der Waals surface area (Å²) in [6.07, 6.45) is 4.86. The quantitative estimate of drug-likeness (QED) is 0.884. The summed E-state index contributed by atoms with van der Waals surface area (Å²) in [5.41, 5.74) is 4.33. The minimum atomic E-state index is -0.0231. The van der Waals surface area contributed by atoms with Crippen molar-refractivity contribution in [3.63, 3.8) is 0 Å². The molecule has 0 saturated carbocycles. The van der Waals surface area contributed by atoms with Gasteiger partial charge in [0.05, 0.1) is 7.11 Å². The van der Waals surface area contributed by atoms with Crippen molar-refractivity contribution in [3.05, 3.63) is 46.6 Å². The Hall–Kier alpha value is -2.67. The fourth-order valence-electron chi connectivity index (χ4n) is 2.81. The first-order valence-electron chi connectivity index (χ1n) is 6.92. The molecule has 0 bridgehead atoms. The molecule has 0 fully saturated rings. The largest absolute Gasteiger partial charge is 0.497 e. The summed E-state index contributed by atoms with van der Waals surface area (Å²) in [4.78, 5) is 2.92. The van der Waals surface area contributed by atoms with Crippen LogP contribution in [0.25, 0.3) is 11.6 Å². The van der Waals surface area contributed by atoms with Crippen LogP contribution >= 0.6 is 0 Å². The van der Waals surface area contributed by atoms with Gasteiger partial charge in [-0.3, -0.25) is 0 Å². The zero-order valence-electron chi connectivity index (χ0n) is 11.8. The molecule has 3 rings (SSSR count). The molecule has 0 unspecified atom stereocenters. The van der Waals surface area contributed by atoms with Gasteiger partial charge in [0, 0.05) is 11.3 Å². The highest BCUT2D eigenvalue weighted by Crippen LogP contribution is 2.38. The van der Waals surface area contributed by atoms with E-state index in [2.05, 4.69) is 17.1 Å². The summed E-state index contributed by atoms with van der Waals surface area (Å²) >= 11 is 0. The molecule has 0 saturated heterocycles. The molecule has 0 amide bonds. The molecule has 0 radical (unpaired) electrons. The lowest BCUT2D eigenvalue weighted by atomic mass is 9.89. The van der Waals surface area contributed by atoms with Gasteiger partial charge in [-0.2, -0.15) is 5.26 Å². The summed E-state index contributed by atoms with van der Waals surface area (Å²) in [6.45, 7) is 0. The second-order valence-corrected chi connectivity index (χ2v) is 5.11. The Labute approximate surface area is 123 Å². The molecule has 0 spiro atoms. The van der Waals surface area contributed by atoms with E-state index >= 15 is 0 Å². The third-order valence-electron chi connectivity index (χ3n) is 3.82. The number of hydrogen-bond donors (Lipinski definition) is 2. The molecule has 0 atom stereocenters. The van der Waals surface area contributed by atoms with E-state index in [0.717, 1.165) is 47.4 Å². The first kappa shape index (κ1) is 13.3. The van der Waals surface area contributed by atoms with Crippen LogP contribution < -0.4 is 4.74 Å². The van der Waals surface area contributed by atoms with Crippen molar-refractivity contribution in [2.45, 2.75) is 19.3 Å². The van der Waals surface area contributed by atoms with Gasteiger partial charge >= 0.3 is 0 Å². The highest BCUT2D eigenvalue weighted by Gasteiger charge is 2.23. The van der Waals surface area contributed by atoms with E-state index in [4.69, 9.17) is 4.74 Å². The third kappa shape index (κ3) is 2.38. The lowest BCUT2D eigenvalue weighted by Crippen LogP contribution is -2.01. The highest BCUT2D eigenvalue weighted by atomic mass is 16.5. The number of aromatic hydroxyl groups is 1. The Bertz CT molecular complexity index is 733. The van der Waals surface area contributed by atoms with E-state index in [-0.39, 0.29) is 5.88 Å². The number of hydrogen-bond acceptors (Lipinski definition) is 3. The van der Waals surface area contributed by atoms with Crippen molar-refractivity contribution in [1.82, 2.24) is 4.98 Å². The van der Waals surface area contributed by atoms with Gasteiger partial charge in [-0.15, -0.1) is 0 Å². The number of H-pyrrole nitrogens is 1. The summed E-state index contributed by atoms with van der Waals surface area (Å²) in [5, 5.41) is 19.1. The predicted octanol–water partition coefficient (Wildman–Crippen LogP) is 3.48. The number of allylic oxidation sites excluding steroid dienone is 1. The molecular formula is C17H16N2O2. The summed E-state index contributed by atoms with van der Waals surface area (Å²) in [7, 11) is 1.64. The van der Waals surface area contributed by atoms with Gasteiger partial charge in [0.1, 0.15) is 17.4 Å². The summed E-state index contributed by atoms with van der Waals surface area (Å²) < 4.78 is 5.15. The fraction of sp³-hybridized carbons (Fsp3) is 0.235. The molecule has 1 aliphatic carbocycles. The Balaban J connectivity index is 2.04. The minimum absolute atomic E-state index is 0.0231. The smallest absolute Gasteiger partial charge is 0.207 e. The van der Waals surface area contributed by atoms with Crippen molar-refractivity contribution < 1.29 is 9.84 Å². The first-order valence-corrected chi connectivity index (χ1v) is 6.92. The number of ether oxygens (including phenoxy) is 1. The molecule has 1 aromatic heterocycles. The van der Waals surface area contributed by atoms with Crippen LogP contribution in [-0.4, -0.2) is 17.2 Å². The van der Waals surface area contributed by atoms with E-state index in [1.807, 2.05) is 24.3 Å². The highest BCUT2D eigenvalue weighted by molar-refractivity contribution is 5.87. The van der Waals surface area contributed by atoms with Crippen LogP contribution in [-0.2, 0) is 6.42 Å². The van der Waals surface area contributed by atoms with E-state index in [9.17, 15) is 10.4 Å². The van der Waals surface area contributed by atoms with Crippen molar-refractivity contribution in [2.24, 2.45) is 0 Å². The maximum absolute atomic E-state index is 9.83. The van der Waals surface area contributed by atoms with Gasteiger partial charge in [-0.1, -0.05) is 18.2 Å². The Morgan fingerprint density at radius 1 is 1.29 bits per heavy atom. The number of rotatable bonds is 2. The van der Waals surface area contributed by atoms with Crippen LogP contribution in [0.5, 0.6) is 11.6 Å². The lowest BCUT2D eigenvalue weighted by Gasteiger charge is -2.15. The standard InChI is InChI=1S/C17H16N2O2/c1-21-13-7-5-11(6-8-13)9-12-3-2-4-15-16(12)14(10-18)17(20)19-15/h5-9,19-20H,2-4H2,1H3/b12-9+. The average Bonchev–Trinajstić information content (AvgIpc) is 2.84. The van der Waals surface area contributed by atoms with Crippen LogP contribution in [0, 0.1) is 11.3 Å². The monoisotopic (exact) mass is 280 g/mol. The van der Waals surface area contributed by atoms with Gasteiger partial charge in [0.25, 0.3) is 0 Å². The number of aromatic amines is 1. The molecule has 1 aliphatic rings. The fourth-order valence-corrected chi connectivity index (χ4v) is 2.81. The number of benzene rings is 1. The van der Waals surface area contributed by atoms with E-state index in [1.165, 1.54) is 0 Å². The van der Waals surface area contributed by atoms with Crippen LogP contribution in [0.3, 0.4) is 0 Å². The molecule has 0 aliphatic heterocycles. The number of aromatic nitrogens is 1. The SMILES string of the molecule is COc1ccc(/C=C2\CCCc3[nH]c(O)c(C#N)c32)cc1. The zero-order valence-corrected chi connectivity index (χ0v) is 11.8. The van der Waals surface area contributed by atoms with Crippen molar-refractivity contribution in [1.29, 1.82) is 5.26 Å². The number of nitrogens with zero attached hydrogens (tertiary/aromatic N) is 1. The molecule has 2 aromatic rings. The summed E-state index contributed by atoms with van der Waals surface area (Å²) in [5.74, 6) is 0.795. The molecule has 1 heterocycles. The van der Waals surface area contributed by atoms with Crippen LogP contribution in [0.4, 0.5) is 0 Å². The average molecular weight is 280 g/mol. The molecule has 106 valence electrons. The normalized spacial score (nSPS) is 15.5. The van der Waals surface area contributed by atoms with Gasteiger partial charge in [-0.25, -0.2) is 0 Å². The van der Waals surface area contributed by atoms with Crippen LogP contribution in [0.15, 0.2) is 24.3 Å². The third-order valence-corrected chi connectivity index (χ3v) is 3.82. The predicted molar refractivity (Wildman–Crippen MR) is 81.0 cm³/mol. The maximum Gasteiger partial charge on any atom is 0.207 e. The molecule has 4 heteroatoms. The van der Waals surface area contributed by atoms with Gasteiger partial charge in [0.15, 0.2) is 0 Å². The first-order chi connectivity index (χ1) is 10.2. The second-order valence-electron chi connectivity index (χ2n) is 5.11. The Morgan fingerprint density at radius 2 is 2.05 bits per heavy atom. The lowest BCUT2D eigenvalue weighted by molar-refractivity contribution is 0.415. The maximum atomic E-state index is 9.83. The van der Waals surface area contributed by atoms with Crippen molar-refractivity contribution >= 4 is 11.6 Å². The minimum Gasteiger partial charge on any atom is -0.497 e. The number of nitriles is 1. The number of nitrogens with one attached hydrogen (secondary N) is 1. The molecular weight excluding hydrogens is 264 g/mol. The van der Waals surface area contributed by atoms with E-state index in [0.29, 0.717) is 5.56 Å². The molecule has 1 aromatic carbocycles. The van der Waals surface area contributed by atoms with Crippen LogP contribution in [0.2, 0.25) is 0 Å². The Kier molecular flexibility index (Phi) is 3.41. The van der Waals surface area contributed by atoms with Crippen molar-refractivity contribution in [2.75, 3.05) is 7.11 Å². The number of fused-ring (bicyclic) bond motifs is 1. The molecule has 2 N–H and O–H groups in total.